The van der Waals surface area contributed by atoms with Gasteiger partial charge in [-0.2, -0.15) is 0 Å². The van der Waals surface area contributed by atoms with Crippen molar-refractivity contribution in [3.8, 4) is 0 Å². The highest BCUT2D eigenvalue weighted by Gasteiger charge is 2.18. The maximum absolute atomic E-state index is 3.60. The smallest absolute Gasteiger partial charge is 0.0336 e. The van der Waals surface area contributed by atoms with Crippen LogP contribution in [-0.2, 0) is 6.54 Å². The molecule has 0 radical (unpaired) electrons. The Morgan fingerprint density at radius 3 is 2.76 bits per heavy atom. The van der Waals surface area contributed by atoms with Crippen LogP contribution in [0.1, 0.15) is 17.7 Å². The predicted octanol–water partition coefficient (Wildman–Crippen LogP) is 3.28. The summed E-state index contributed by atoms with van der Waals surface area (Å²) in [5.41, 5.74) is 0. The molecular weight excluding hydrogens is 296 g/mol. The molecule has 1 aromatic rings. The van der Waals surface area contributed by atoms with E-state index >= 15 is 0 Å². The first kappa shape index (κ1) is 13.5. The van der Waals surface area contributed by atoms with Crippen LogP contribution < -0.4 is 0 Å². The fourth-order valence-electron chi connectivity index (χ4n) is 2.43. The van der Waals surface area contributed by atoms with Crippen LogP contribution in [0.4, 0.5) is 0 Å². The first-order valence-corrected chi connectivity index (χ1v) is 7.91. The molecule has 1 aromatic heterocycles. The maximum Gasteiger partial charge on any atom is 0.0336 e. The lowest BCUT2D eigenvalue weighted by atomic mass is 9.97. The van der Waals surface area contributed by atoms with Crippen molar-refractivity contribution >= 4 is 27.3 Å². The number of rotatable bonds is 4. The van der Waals surface area contributed by atoms with E-state index in [4.69, 9.17) is 0 Å². The van der Waals surface area contributed by atoms with E-state index < -0.39 is 0 Å². The van der Waals surface area contributed by atoms with Gasteiger partial charge >= 0.3 is 0 Å². The molecule has 4 heteroatoms. The Labute approximate surface area is 117 Å². The predicted molar refractivity (Wildman–Crippen MR) is 78.6 cm³/mol. The normalized spacial score (nSPS) is 19.1. The van der Waals surface area contributed by atoms with Gasteiger partial charge in [0.2, 0.25) is 0 Å². The van der Waals surface area contributed by atoms with E-state index in [1.165, 1.54) is 41.8 Å². The largest absolute Gasteiger partial charge is 0.306 e. The standard InChI is InChI=1S/C13H21BrN2S/c1-15-6-3-11(4-7-15)9-16(2)10-13-12(14)5-8-17-13/h5,8,11H,3-4,6-7,9-10H2,1-2H3. The Morgan fingerprint density at radius 1 is 1.47 bits per heavy atom. The van der Waals surface area contributed by atoms with Crippen molar-refractivity contribution in [1.82, 2.24) is 9.80 Å². The molecule has 0 bridgehead atoms. The third-order valence-corrected chi connectivity index (χ3v) is 5.42. The van der Waals surface area contributed by atoms with Gasteiger partial charge in [-0.15, -0.1) is 11.3 Å². The van der Waals surface area contributed by atoms with E-state index in [9.17, 15) is 0 Å². The van der Waals surface area contributed by atoms with E-state index in [0.717, 1.165) is 12.5 Å². The Balaban J connectivity index is 1.77. The summed E-state index contributed by atoms with van der Waals surface area (Å²) in [4.78, 5) is 6.35. The van der Waals surface area contributed by atoms with Crippen LogP contribution in [0, 0.1) is 5.92 Å². The van der Waals surface area contributed by atoms with Crippen LogP contribution in [-0.4, -0.2) is 43.5 Å². The van der Waals surface area contributed by atoms with Crippen LogP contribution in [0.5, 0.6) is 0 Å². The first-order chi connectivity index (χ1) is 8.15. The van der Waals surface area contributed by atoms with Gasteiger partial charge in [-0.3, -0.25) is 0 Å². The topological polar surface area (TPSA) is 6.48 Å². The quantitative estimate of drug-likeness (QED) is 0.841. The van der Waals surface area contributed by atoms with Crippen molar-refractivity contribution in [3.05, 3.63) is 20.8 Å². The molecule has 0 aromatic carbocycles. The van der Waals surface area contributed by atoms with Gasteiger partial charge < -0.3 is 9.80 Å². The van der Waals surface area contributed by atoms with E-state index in [-0.39, 0.29) is 0 Å². The lowest BCUT2D eigenvalue weighted by Crippen LogP contribution is -2.35. The zero-order valence-electron chi connectivity index (χ0n) is 10.7. The molecule has 96 valence electrons. The Bertz CT molecular complexity index is 345. The number of hydrogen-bond acceptors (Lipinski definition) is 3. The van der Waals surface area contributed by atoms with Gasteiger partial charge in [-0.05, 0) is 73.3 Å². The van der Waals surface area contributed by atoms with Gasteiger partial charge in [-0.1, -0.05) is 0 Å². The molecular formula is C13H21BrN2S. The summed E-state index contributed by atoms with van der Waals surface area (Å²) in [5, 5.41) is 2.16. The van der Waals surface area contributed by atoms with Crippen molar-refractivity contribution in [3.63, 3.8) is 0 Å². The Hall–Kier alpha value is 0.100. The van der Waals surface area contributed by atoms with Crippen molar-refractivity contribution < 1.29 is 0 Å². The van der Waals surface area contributed by atoms with Crippen molar-refractivity contribution in [2.24, 2.45) is 5.92 Å². The van der Waals surface area contributed by atoms with Gasteiger partial charge in [0.15, 0.2) is 0 Å². The molecule has 0 amide bonds. The number of halogens is 1. The lowest BCUT2D eigenvalue weighted by molar-refractivity contribution is 0.174. The van der Waals surface area contributed by atoms with Gasteiger partial charge in [0, 0.05) is 22.4 Å². The van der Waals surface area contributed by atoms with Crippen LogP contribution in [0.3, 0.4) is 0 Å². The van der Waals surface area contributed by atoms with Crippen LogP contribution >= 0.6 is 27.3 Å². The molecule has 0 unspecified atom stereocenters. The van der Waals surface area contributed by atoms with E-state index in [0.29, 0.717) is 0 Å². The third-order valence-electron chi connectivity index (χ3n) is 3.51. The van der Waals surface area contributed by atoms with Crippen LogP contribution in [0.2, 0.25) is 0 Å². The molecule has 1 fully saturated rings. The number of likely N-dealkylation sites (tertiary alicyclic amines) is 1. The molecule has 0 atom stereocenters. The van der Waals surface area contributed by atoms with Crippen molar-refractivity contribution in [2.45, 2.75) is 19.4 Å². The Morgan fingerprint density at radius 2 is 2.18 bits per heavy atom. The maximum atomic E-state index is 3.60. The molecule has 0 aliphatic carbocycles. The fraction of sp³-hybridized carbons (Fsp3) is 0.692. The molecule has 1 aliphatic rings. The Kier molecular flexibility index (Phi) is 5.03. The second kappa shape index (κ2) is 6.32. The molecule has 0 N–H and O–H groups in total. The highest BCUT2D eigenvalue weighted by atomic mass is 79.9. The molecule has 2 heterocycles. The molecule has 0 spiro atoms. The summed E-state index contributed by atoms with van der Waals surface area (Å²) in [6.07, 6.45) is 2.71. The molecule has 0 saturated carbocycles. The number of piperidine rings is 1. The molecule has 2 rings (SSSR count). The second-order valence-electron chi connectivity index (χ2n) is 5.14. The summed E-state index contributed by atoms with van der Waals surface area (Å²) in [6, 6.07) is 2.14. The van der Waals surface area contributed by atoms with Gasteiger partial charge in [0.05, 0.1) is 0 Å². The minimum absolute atomic E-state index is 0.884. The number of nitrogens with zero attached hydrogens (tertiary/aromatic N) is 2. The average molecular weight is 317 g/mol. The lowest BCUT2D eigenvalue weighted by Gasteiger charge is -2.31. The average Bonchev–Trinajstić information content (AvgIpc) is 2.68. The van der Waals surface area contributed by atoms with Crippen LogP contribution in [0.25, 0.3) is 0 Å². The molecule has 2 nitrogen and oxygen atoms in total. The van der Waals surface area contributed by atoms with E-state index in [1.807, 2.05) is 11.3 Å². The zero-order valence-corrected chi connectivity index (χ0v) is 13.1. The monoisotopic (exact) mass is 316 g/mol. The highest BCUT2D eigenvalue weighted by molar-refractivity contribution is 9.10. The fourth-order valence-corrected chi connectivity index (χ4v) is 3.99. The number of thiophene rings is 1. The molecule has 17 heavy (non-hydrogen) atoms. The zero-order chi connectivity index (χ0) is 12.3. The van der Waals surface area contributed by atoms with Gasteiger partial charge in [0.25, 0.3) is 0 Å². The minimum Gasteiger partial charge on any atom is -0.306 e. The third kappa shape index (κ3) is 4.05. The summed E-state index contributed by atoms with van der Waals surface area (Å²) >= 11 is 5.45. The van der Waals surface area contributed by atoms with E-state index in [1.54, 1.807) is 0 Å². The van der Waals surface area contributed by atoms with Gasteiger partial charge in [0.1, 0.15) is 0 Å². The van der Waals surface area contributed by atoms with Crippen molar-refractivity contribution in [2.75, 3.05) is 33.7 Å². The van der Waals surface area contributed by atoms with E-state index in [2.05, 4.69) is 51.3 Å². The second-order valence-corrected chi connectivity index (χ2v) is 6.99. The van der Waals surface area contributed by atoms with Crippen LogP contribution in [0.15, 0.2) is 15.9 Å². The first-order valence-electron chi connectivity index (χ1n) is 6.24. The summed E-state index contributed by atoms with van der Waals surface area (Å²) in [6.45, 7) is 4.84. The number of hydrogen-bond donors (Lipinski definition) is 0. The molecule has 1 aliphatic heterocycles. The summed E-state index contributed by atoms with van der Waals surface area (Å²) in [7, 11) is 4.47. The minimum atomic E-state index is 0.884. The van der Waals surface area contributed by atoms with Crippen molar-refractivity contribution in [1.29, 1.82) is 0 Å². The SMILES string of the molecule is CN1CCC(CN(C)Cc2sccc2Br)CC1. The highest BCUT2D eigenvalue weighted by Crippen LogP contribution is 2.25. The summed E-state index contributed by atoms with van der Waals surface area (Å²) in [5.74, 6) is 0.884. The molecule has 1 saturated heterocycles. The van der Waals surface area contributed by atoms with Gasteiger partial charge in [-0.25, -0.2) is 0 Å². The summed E-state index contributed by atoms with van der Waals surface area (Å²) < 4.78 is 1.26.